The van der Waals surface area contributed by atoms with E-state index in [1.807, 2.05) is 11.3 Å². The van der Waals surface area contributed by atoms with Crippen molar-refractivity contribution in [1.29, 1.82) is 0 Å². The molecule has 140 valence electrons. The van der Waals surface area contributed by atoms with Crippen LogP contribution in [0.25, 0.3) is 0 Å². The third-order valence-corrected chi connectivity index (χ3v) is 6.24. The van der Waals surface area contributed by atoms with E-state index in [0.29, 0.717) is 0 Å². The van der Waals surface area contributed by atoms with Crippen LogP contribution in [0.4, 0.5) is 0 Å². The average molecular weight is 378 g/mol. The van der Waals surface area contributed by atoms with E-state index in [2.05, 4.69) is 77.0 Å². The lowest BCUT2D eigenvalue weighted by Gasteiger charge is -2.26. The first-order valence-corrected chi connectivity index (χ1v) is 10.8. The molecule has 0 spiro atoms. The predicted octanol–water partition coefficient (Wildman–Crippen LogP) is 5.79. The second kappa shape index (κ2) is 9.20. The van der Waals surface area contributed by atoms with Crippen LogP contribution in [-0.4, -0.2) is 31.1 Å². The Morgan fingerprint density at radius 1 is 0.815 bits per heavy atom. The summed E-state index contributed by atoms with van der Waals surface area (Å²) < 4.78 is 6.00. The second-order valence-corrected chi connectivity index (χ2v) is 8.16. The predicted molar refractivity (Wildman–Crippen MR) is 114 cm³/mol. The number of nitrogens with zero attached hydrogens (tertiary/aromatic N) is 1. The Kier molecular flexibility index (Phi) is 6.23. The molecule has 0 saturated carbocycles. The summed E-state index contributed by atoms with van der Waals surface area (Å²) in [5, 5.41) is 2.16. The van der Waals surface area contributed by atoms with Gasteiger partial charge in [0.15, 0.2) is 0 Å². The van der Waals surface area contributed by atoms with E-state index >= 15 is 0 Å². The van der Waals surface area contributed by atoms with Crippen LogP contribution in [0, 0.1) is 0 Å². The SMILES string of the molecule is c1ccc(C(c2ccc(OCCN3CCCCC3)cc2)c2cccs2)cc1. The molecule has 27 heavy (non-hydrogen) atoms. The van der Waals surface area contributed by atoms with Crippen molar-refractivity contribution in [2.24, 2.45) is 0 Å². The molecule has 1 unspecified atom stereocenters. The fourth-order valence-corrected chi connectivity index (χ4v) is 4.73. The summed E-state index contributed by atoms with van der Waals surface area (Å²) in [6.07, 6.45) is 4.04. The smallest absolute Gasteiger partial charge is 0.119 e. The molecule has 1 aliphatic rings. The molecule has 1 atom stereocenters. The molecule has 0 bridgehead atoms. The zero-order valence-corrected chi connectivity index (χ0v) is 16.5. The van der Waals surface area contributed by atoms with Crippen LogP contribution in [0.1, 0.15) is 41.2 Å². The summed E-state index contributed by atoms with van der Waals surface area (Å²) in [5.41, 5.74) is 2.64. The van der Waals surface area contributed by atoms with E-state index in [0.717, 1.165) is 18.9 Å². The molecule has 1 saturated heterocycles. The fraction of sp³-hybridized carbons (Fsp3) is 0.333. The molecule has 2 aromatic carbocycles. The number of benzene rings is 2. The van der Waals surface area contributed by atoms with Crippen LogP contribution in [-0.2, 0) is 0 Å². The zero-order chi connectivity index (χ0) is 18.3. The van der Waals surface area contributed by atoms with Gasteiger partial charge in [0, 0.05) is 17.3 Å². The van der Waals surface area contributed by atoms with Gasteiger partial charge >= 0.3 is 0 Å². The van der Waals surface area contributed by atoms with Crippen LogP contribution < -0.4 is 4.74 Å². The lowest BCUT2D eigenvalue weighted by molar-refractivity contribution is 0.183. The monoisotopic (exact) mass is 377 g/mol. The van der Waals surface area contributed by atoms with Crippen molar-refractivity contribution in [2.45, 2.75) is 25.2 Å². The standard InChI is InChI=1S/C24H27NOS/c1-3-8-20(9-4-1)24(23-10-7-19-27-23)21-11-13-22(14-12-21)26-18-17-25-15-5-2-6-16-25/h1,3-4,7-14,19,24H,2,5-6,15-18H2. The van der Waals surface area contributed by atoms with Crippen molar-refractivity contribution < 1.29 is 4.74 Å². The number of hydrogen-bond donors (Lipinski definition) is 0. The Morgan fingerprint density at radius 3 is 2.26 bits per heavy atom. The first-order valence-electron chi connectivity index (χ1n) is 9.93. The maximum Gasteiger partial charge on any atom is 0.119 e. The summed E-state index contributed by atoms with van der Waals surface area (Å²) in [4.78, 5) is 3.89. The molecular formula is C24H27NOS. The van der Waals surface area contributed by atoms with Gasteiger partial charge in [-0.1, -0.05) is 55.0 Å². The lowest BCUT2D eigenvalue weighted by atomic mass is 9.90. The highest BCUT2D eigenvalue weighted by molar-refractivity contribution is 7.10. The molecule has 0 aliphatic carbocycles. The molecule has 1 aromatic heterocycles. The lowest BCUT2D eigenvalue weighted by Crippen LogP contribution is -2.33. The Labute approximate surface area is 166 Å². The van der Waals surface area contributed by atoms with Crippen LogP contribution in [0.5, 0.6) is 5.75 Å². The zero-order valence-electron chi connectivity index (χ0n) is 15.7. The topological polar surface area (TPSA) is 12.5 Å². The van der Waals surface area contributed by atoms with Gasteiger partial charge in [-0.15, -0.1) is 11.3 Å². The minimum Gasteiger partial charge on any atom is -0.492 e. The van der Waals surface area contributed by atoms with Crippen LogP contribution in [0.2, 0.25) is 0 Å². The largest absolute Gasteiger partial charge is 0.492 e. The Hall–Kier alpha value is -2.10. The quantitative estimate of drug-likeness (QED) is 0.516. The van der Waals surface area contributed by atoms with Gasteiger partial charge in [0.25, 0.3) is 0 Å². The molecule has 0 radical (unpaired) electrons. The van der Waals surface area contributed by atoms with Gasteiger partial charge in [-0.3, -0.25) is 4.90 Å². The van der Waals surface area contributed by atoms with Gasteiger partial charge in [-0.25, -0.2) is 0 Å². The molecule has 0 N–H and O–H groups in total. The number of hydrogen-bond acceptors (Lipinski definition) is 3. The highest BCUT2D eigenvalue weighted by Crippen LogP contribution is 2.35. The number of thiophene rings is 1. The van der Waals surface area contributed by atoms with E-state index in [9.17, 15) is 0 Å². The van der Waals surface area contributed by atoms with Crippen molar-refractivity contribution in [3.63, 3.8) is 0 Å². The average Bonchev–Trinajstić information content (AvgIpc) is 3.25. The van der Waals surface area contributed by atoms with E-state index in [1.165, 1.54) is 48.4 Å². The number of likely N-dealkylation sites (tertiary alicyclic amines) is 1. The van der Waals surface area contributed by atoms with Gasteiger partial charge in [0.2, 0.25) is 0 Å². The Morgan fingerprint density at radius 2 is 1.56 bits per heavy atom. The van der Waals surface area contributed by atoms with Crippen molar-refractivity contribution >= 4 is 11.3 Å². The molecule has 2 nitrogen and oxygen atoms in total. The number of rotatable bonds is 7. The summed E-state index contributed by atoms with van der Waals surface area (Å²) in [6, 6.07) is 23.8. The van der Waals surface area contributed by atoms with Gasteiger partial charge < -0.3 is 4.74 Å². The molecular weight excluding hydrogens is 350 g/mol. The first-order chi connectivity index (χ1) is 13.4. The van der Waals surface area contributed by atoms with Crippen molar-refractivity contribution in [3.05, 3.63) is 88.1 Å². The number of piperidine rings is 1. The van der Waals surface area contributed by atoms with Crippen LogP contribution in [0.15, 0.2) is 72.1 Å². The summed E-state index contributed by atoms with van der Waals surface area (Å²) in [5.74, 6) is 1.25. The van der Waals surface area contributed by atoms with Crippen molar-refractivity contribution in [2.75, 3.05) is 26.2 Å². The van der Waals surface area contributed by atoms with Gasteiger partial charge in [0.05, 0.1) is 0 Å². The Balaban J connectivity index is 1.43. The highest BCUT2D eigenvalue weighted by atomic mass is 32.1. The van der Waals surface area contributed by atoms with Gasteiger partial charge in [0.1, 0.15) is 12.4 Å². The normalized spacial score (nSPS) is 16.1. The number of ether oxygens (including phenoxy) is 1. The Bertz CT molecular complexity index is 792. The summed E-state index contributed by atoms with van der Waals surface area (Å²) in [7, 11) is 0. The van der Waals surface area contributed by atoms with Crippen LogP contribution >= 0.6 is 11.3 Å². The van der Waals surface area contributed by atoms with Crippen molar-refractivity contribution in [3.8, 4) is 5.75 Å². The summed E-state index contributed by atoms with van der Waals surface area (Å²) in [6.45, 7) is 4.25. The minimum atomic E-state index is 0.286. The fourth-order valence-electron chi connectivity index (χ4n) is 3.85. The van der Waals surface area contributed by atoms with Crippen molar-refractivity contribution in [1.82, 2.24) is 4.90 Å². The third-order valence-electron chi connectivity index (χ3n) is 5.30. The van der Waals surface area contributed by atoms with Crippen LogP contribution in [0.3, 0.4) is 0 Å². The first kappa shape index (κ1) is 18.3. The molecule has 2 heterocycles. The second-order valence-electron chi connectivity index (χ2n) is 7.18. The molecule has 3 aromatic rings. The maximum absolute atomic E-state index is 6.00. The highest BCUT2D eigenvalue weighted by Gasteiger charge is 2.17. The molecule has 0 amide bonds. The van der Waals surface area contributed by atoms with E-state index < -0.39 is 0 Å². The minimum absolute atomic E-state index is 0.286. The third kappa shape index (κ3) is 4.79. The molecule has 1 fully saturated rings. The van der Waals surface area contributed by atoms with Gasteiger partial charge in [-0.05, 0) is 60.6 Å². The molecule has 1 aliphatic heterocycles. The van der Waals surface area contributed by atoms with E-state index in [1.54, 1.807) is 0 Å². The van der Waals surface area contributed by atoms with Gasteiger partial charge in [-0.2, -0.15) is 0 Å². The molecule has 3 heteroatoms. The van der Waals surface area contributed by atoms with E-state index in [-0.39, 0.29) is 5.92 Å². The maximum atomic E-state index is 6.00. The molecule has 4 rings (SSSR count). The van der Waals surface area contributed by atoms with E-state index in [4.69, 9.17) is 4.74 Å². The summed E-state index contributed by atoms with van der Waals surface area (Å²) >= 11 is 1.82.